The normalized spacial score (nSPS) is 18.2. The molecule has 1 N–H and O–H groups in total. The highest BCUT2D eigenvalue weighted by Gasteiger charge is 2.18. The van der Waals surface area contributed by atoms with Crippen molar-refractivity contribution < 1.29 is 0 Å². The van der Waals surface area contributed by atoms with Crippen LogP contribution in [0.4, 0.5) is 0 Å². The first-order valence-electron chi connectivity index (χ1n) is 6.29. The van der Waals surface area contributed by atoms with E-state index in [1.54, 1.807) is 0 Å². The van der Waals surface area contributed by atoms with Crippen LogP contribution in [-0.4, -0.2) is 37.6 Å². The average Bonchev–Trinajstić information content (AvgIpc) is 2.14. The molecule has 2 heteroatoms. The molecule has 0 amide bonds. The lowest BCUT2D eigenvalue weighted by Gasteiger charge is -2.31. The van der Waals surface area contributed by atoms with Crippen molar-refractivity contribution in [2.24, 2.45) is 11.8 Å². The van der Waals surface area contributed by atoms with Gasteiger partial charge in [0.2, 0.25) is 0 Å². The van der Waals surface area contributed by atoms with Crippen LogP contribution in [0.1, 0.15) is 41.0 Å². The molecule has 15 heavy (non-hydrogen) atoms. The molecule has 0 aromatic rings. The molecule has 0 rings (SSSR count). The van der Waals surface area contributed by atoms with Crippen molar-refractivity contribution in [2.75, 3.05) is 20.6 Å². The zero-order valence-corrected chi connectivity index (χ0v) is 11.7. The number of likely N-dealkylation sites (N-methyl/N-ethyl adjacent to an activating group) is 1. The van der Waals surface area contributed by atoms with Crippen LogP contribution in [0.25, 0.3) is 0 Å². The van der Waals surface area contributed by atoms with Gasteiger partial charge in [-0.1, -0.05) is 34.1 Å². The largest absolute Gasteiger partial charge is 0.310 e. The number of hydrogen-bond acceptors (Lipinski definition) is 2. The second-order valence-corrected chi connectivity index (χ2v) is 5.45. The molecule has 0 aliphatic heterocycles. The summed E-state index contributed by atoms with van der Waals surface area (Å²) in [6.07, 6.45) is 1.25. The fourth-order valence-corrected chi connectivity index (χ4v) is 1.70. The van der Waals surface area contributed by atoms with Gasteiger partial charge in [0, 0.05) is 18.6 Å². The average molecular weight is 214 g/mol. The first kappa shape index (κ1) is 14.9. The van der Waals surface area contributed by atoms with E-state index in [1.807, 2.05) is 0 Å². The van der Waals surface area contributed by atoms with Crippen molar-refractivity contribution in [1.29, 1.82) is 0 Å². The molecule has 3 atom stereocenters. The summed E-state index contributed by atoms with van der Waals surface area (Å²) in [5, 5.41) is 3.76. The highest BCUT2D eigenvalue weighted by molar-refractivity contribution is 4.78. The van der Waals surface area contributed by atoms with Crippen molar-refractivity contribution in [3.05, 3.63) is 0 Å². The van der Waals surface area contributed by atoms with Crippen LogP contribution in [0, 0.1) is 11.8 Å². The Morgan fingerprint density at radius 2 is 1.60 bits per heavy atom. The van der Waals surface area contributed by atoms with Gasteiger partial charge in [0.05, 0.1) is 0 Å². The molecule has 3 unspecified atom stereocenters. The summed E-state index contributed by atoms with van der Waals surface area (Å²) < 4.78 is 0. The van der Waals surface area contributed by atoms with Crippen molar-refractivity contribution in [3.8, 4) is 0 Å². The number of rotatable bonds is 7. The van der Waals surface area contributed by atoms with Crippen LogP contribution in [0.15, 0.2) is 0 Å². The minimum atomic E-state index is 0.601. The fourth-order valence-electron chi connectivity index (χ4n) is 1.70. The van der Waals surface area contributed by atoms with Gasteiger partial charge in [0.25, 0.3) is 0 Å². The van der Waals surface area contributed by atoms with E-state index in [1.165, 1.54) is 6.42 Å². The first-order chi connectivity index (χ1) is 6.88. The van der Waals surface area contributed by atoms with E-state index in [2.05, 4.69) is 58.9 Å². The first-order valence-corrected chi connectivity index (χ1v) is 6.29. The van der Waals surface area contributed by atoms with Crippen molar-refractivity contribution in [2.45, 2.75) is 53.1 Å². The van der Waals surface area contributed by atoms with Crippen LogP contribution >= 0.6 is 0 Å². The van der Waals surface area contributed by atoms with Gasteiger partial charge >= 0.3 is 0 Å². The van der Waals surface area contributed by atoms with E-state index in [0.717, 1.165) is 12.5 Å². The number of nitrogens with one attached hydrogen (secondary N) is 1. The van der Waals surface area contributed by atoms with E-state index in [-0.39, 0.29) is 0 Å². The molecular formula is C13H30N2. The molecule has 0 saturated carbocycles. The standard InChI is InChI=1S/C13H30N2/c1-8-11(4)12(5)14-13(10(2)3)9-15(6)7/h10-14H,8-9H2,1-7H3. The van der Waals surface area contributed by atoms with E-state index in [9.17, 15) is 0 Å². The minimum Gasteiger partial charge on any atom is -0.310 e. The second-order valence-electron chi connectivity index (χ2n) is 5.45. The summed E-state index contributed by atoms with van der Waals surface area (Å²) in [6.45, 7) is 12.6. The van der Waals surface area contributed by atoms with Crippen LogP contribution < -0.4 is 5.32 Å². The van der Waals surface area contributed by atoms with Gasteiger partial charge < -0.3 is 10.2 Å². The molecule has 0 aliphatic carbocycles. The van der Waals surface area contributed by atoms with E-state index in [0.29, 0.717) is 18.0 Å². The van der Waals surface area contributed by atoms with Gasteiger partial charge in [-0.3, -0.25) is 0 Å². The maximum absolute atomic E-state index is 3.76. The zero-order valence-electron chi connectivity index (χ0n) is 11.7. The molecule has 0 aromatic carbocycles. The highest BCUT2D eigenvalue weighted by Crippen LogP contribution is 2.11. The van der Waals surface area contributed by atoms with E-state index < -0.39 is 0 Å². The molecule has 92 valence electrons. The smallest absolute Gasteiger partial charge is 0.0220 e. The minimum absolute atomic E-state index is 0.601. The molecule has 0 aromatic heterocycles. The lowest BCUT2D eigenvalue weighted by molar-refractivity contribution is 0.248. The molecule has 2 nitrogen and oxygen atoms in total. The van der Waals surface area contributed by atoms with Gasteiger partial charge in [-0.25, -0.2) is 0 Å². The Morgan fingerprint density at radius 1 is 1.07 bits per heavy atom. The Morgan fingerprint density at radius 3 is 1.93 bits per heavy atom. The number of hydrogen-bond donors (Lipinski definition) is 1. The van der Waals surface area contributed by atoms with Gasteiger partial charge in [-0.05, 0) is 32.9 Å². The lowest BCUT2D eigenvalue weighted by atomic mass is 9.97. The summed E-state index contributed by atoms with van der Waals surface area (Å²) in [4.78, 5) is 2.26. The van der Waals surface area contributed by atoms with Crippen molar-refractivity contribution in [3.63, 3.8) is 0 Å². The summed E-state index contributed by atoms with van der Waals surface area (Å²) in [6, 6.07) is 1.21. The van der Waals surface area contributed by atoms with Crippen LogP contribution in [-0.2, 0) is 0 Å². The molecular weight excluding hydrogens is 184 g/mol. The van der Waals surface area contributed by atoms with E-state index >= 15 is 0 Å². The molecule has 0 saturated heterocycles. The van der Waals surface area contributed by atoms with Gasteiger partial charge in [0.15, 0.2) is 0 Å². The molecule has 0 spiro atoms. The molecule has 0 radical (unpaired) electrons. The van der Waals surface area contributed by atoms with Crippen molar-refractivity contribution >= 4 is 0 Å². The third-order valence-corrected chi connectivity index (χ3v) is 3.34. The summed E-state index contributed by atoms with van der Waals surface area (Å²) in [7, 11) is 4.29. The Labute approximate surface area is 96.4 Å². The Balaban J connectivity index is 4.15. The second kappa shape index (κ2) is 7.24. The summed E-state index contributed by atoms with van der Waals surface area (Å²) in [5.74, 6) is 1.45. The predicted octanol–water partition coefficient (Wildman–Crippen LogP) is 2.60. The summed E-state index contributed by atoms with van der Waals surface area (Å²) in [5.41, 5.74) is 0. The molecule has 0 bridgehead atoms. The zero-order chi connectivity index (χ0) is 12.0. The van der Waals surface area contributed by atoms with E-state index in [4.69, 9.17) is 0 Å². The third kappa shape index (κ3) is 6.16. The van der Waals surface area contributed by atoms with Gasteiger partial charge in [0.1, 0.15) is 0 Å². The van der Waals surface area contributed by atoms with Gasteiger partial charge in [-0.15, -0.1) is 0 Å². The highest BCUT2D eigenvalue weighted by atomic mass is 15.1. The van der Waals surface area contributed by atoms with Gasteiger partial charge in [-0.2, -0.15) is 0 Å². The Bertz CT molecular complexity index is 155. The maximum Gasteiger partial charge on any atom is 0.0220 e. The summed E-state index contributed by atoms with van der Waals surface area (Å²) >= 11 is 0. The topological polar surface area (TPSA) is 15.3 Å². The Kier molecular flexibility index (Phi) is 7.20. The molecule has 0 fully saturated rings. The van der Waals surface area contributed by atoms with Crippen LogP contribution in [0.2, 0.25) is 0 Å². The SMILES string of the molecule is CCC(C)C(C)NC(CN(C)C)C(C)C. The van der Waals surface area contributed by atoms with Crippen molar-refractivity contribution in [1.82, 2.24) is 10.2 Å². The van der Waals surface area contributed by atoms with Crippen LogP contribution in [0.5, 0.6) is 0 Å². The van der Waals surface area contributed by atoms with Crippen LogP contribution in [0.3, 0.4) is 0 Å². The molecule has 0 aliphatic rings. The third-order valence-electron chi connectivity index (χ3n) is 3.34. The quantitative estimate of drug-likeness (QED) is 0.701. The monoisotopic (exact) mass is 214 g/mol. The Hall–Kier alpha value is -0.0800. The fraction of sp³-hybridized carbons (Fsp3) is 1.00. The maximum atomic E-state index is 3.76. The predicted molar refractivity (Wildman–Crippen MR) is 69.2 cm³/mol. The number of nitrogens with zero attached hydrogens (tertiary/aromatic N) is 1. The lowest BCUT2D eigenvalue weighted by Crippen LogP contribution is -2.47. The molecule has 0 heterocycles.